The topological polar surface area (TPSA) is 41.6 Å². The Morgan fingerprint density at radius 3 is 2.17 bits per heavy atom. The summed E-state index contributed by atoms with van der Waals surface area (Å²) in [6, 6.07) is -0.0304. The van der Waals surface area contributed by atoms with E-state index in [4.69, 9.17) is 4.74 Å². The first kappa shape index (κ1) is 22.0. The lowest BCUT2D eigenvalue weighted by Crippen LogP contribution is -2.45. The van der Waals surface area contributed by atoms with Crippen LogP contribution in [-0.4, -0.2) is 47.9 Å². The van der Waals surface area contributed by atoms with Crippen molar-refractivity contribution >= 4 is 6.09 Å². The highest BCUT2D eigenvalue weighted by molar-refractivity contribution is 5.68. The number of ether oxygens (including phenoxy) is 1. The number of rotatable bonds is 8. The highest BCUT2D eigenvalue weighted by Gasteiger charge is 2.26. The van der Waals surface area contributed by atoms with Crippen molar-refractivity contribution in [2.24, 2.45) is 0 Å². The van der Waals surface area contributed by atoms with Crippen molar-refractivity contribution in [3.05, 3.63) is 0 Å². The van der Waals surface area contributed by atoms with E-state index >= 15 is 0 Å². The Labute approximate surface area is 137 Å². The molecule has 4 nitrogen and oxygen atoms in total. The van der Waals surface area contributed by atoms with Crippen LogP contribution >= 0.6 is 0 Å². The molecular weight excluding hydrogens is 309 g/mol. The zero-order chi connectivity index (χ0) is 18.3. The van der Waals surface area contributed by atoms with Crippen LogP contribution < -0.4 is 5.32 Å². The Balaban J connectivity index is 4.16. The molecular formula is C16H31F3N2O2. The lowest BCUT2D eigenvalue weighted by molar-refractivity contribution is -0.135. The van der Waals surface area contributed by atoms with Crippen molar-refractivity contribution in [3.8, 4) is 0 Å². The molecule has 0 aliphatic carbocycles. The molecule has 1 N–H and O–H groups in total. The fourth-order valence-electron chi connectivity index (χ4n) is 2.02. The van der Waals surface area contributed by atoms with Gasteiger partial charge in [-0.25, -0.2) is 4.79 Å². The van der Waals surface area contributed by atoms with Gasteiger partial charge in [0, 0.05) is 31.6 Å². The lowest BCUT2D eigenvalue weighted by Gasteiger charge is -2.30. The van der Waals surface area contributed by atoms with Gasteiger partial charge in [0.1, 0.15) is 5.60 Å². The summed E-state index contributed by atoms with van der Waals surface area (Å²) in [5.41, 5.74) is -0.553. The molecule has 1 amide bonds. The van der Waals surface area contributed by atoms with Crippen molar-refractivity contribution in [1.82, 2.24) is 10.2 Å². The number of carbonyl (C=O) groups excluding carboxylic acids is 1. The normalized spacial score (nSPS) is 14.0. The third-order valence-electron chi connectivity index (χ3n) is 3.19. The van der Waals surface area contributed by atoms with Gasteiger partial charge in [-0.2, -0.15) is 13.2 Å². The molecule has 0 aromatic carbocycles. The summed E-state index contributed by atoms with van der Waals surface area (Å²) in [5.74, 6) is 0. The van der Waals surface area contributed by atoms with E-state index in [0.29, 0.717) is 19.5 Å². The summed E-state index contributed by atoms with van der Waals surface area (Å²) in [6.45, 7) is 12.1. The van der Waals surface area contributed by atoms with Crippen LogP contribution in [0.25, 0.3) is 0 Å². The quantitative estimate of drug-likeness (QED) is 0.714. The summed E-state index contributed by atoms with van der Waals surface area (Å²) in [7, 11) is 0. The third-order valence-corrected chi connectivity index (χ3v) is 3.19. The van der Waals surface area contributed by atoms with Crippen LogP contribution in [-0.2, 0) is 4.74 Å². The SMILES string of the molecule is CC(CCCC(F)(F)F)NCCN(C(=O)OC(C)(C)C)C(C)C. The molecule has 0 saturated heterocycles. The number of hydrogen-bond donors (Lipinski definition) is 1. The van der Waals surface area contributed by atoms with Gasteiger partial charge in [0.05, 0.1) is 0 Å². The molecule has 0 spiro atoms. The van der Waals surface area contributed by atoms with Crippen molar-refractivity contribution < 1.29 is 22.7 Å². The van der Waals surface area contributed by atoms with Crippen LogP contribution in [0.4, 0.5) is 18.0 Å². The minimum absolute atomic E-state index is 0.00724. The van der Waals surface area contributed by atoms with Crippen LogP contribution in [0.5, 0.6) is 0 Å². The molecule has 0 aliphatic heterocycles. The molecule has 0 fully saturated rings. The molecule has 0 aliphatic rings. The van der Waals surface area contributed by atoms with Gasteiger partial charge in [-0.05, 0) is 54.4 Å². The molecule has 0 heterocycles. The van der Waals surface area contributed by atoms with Gasteiger partial charge in [0.2, 0.25) is 0 Å². The highest BCUT2D eigenvalue weighted by Crippen LogP contribution is 2.22. The fourth-order valence-corrected chi connectivity index (χ4v) is 2.02. The van der Waals surface area contributed by atoms with Gasteiger partial charge in [-0.3, -0.25) is 0 Å². The van der Waals surface area contributed by atoms with Crippen molar-refractivity contribution in [2.75, 3.05) is 13.1 Å². The molecule has 138 valence electrons. The van der Waals surface area contributed by atoms with Crippen molar-refractivity contribution in [1.29, 1.82) is 0 Å². The number of alkyl halides is 3. The van der Waals surface area contributed by atoms with Crippen LogP contribution in [0, 0.1) is 0 Å². The number of halogens is 3. The number of amides is 1. The molecule has 0 radical (unpaired) electrons. The maximum absolute atomic E-state index is 12.1. The van der Waals surface area contributed by atoms with E-state index < -0.39 is 18.2 Å². The summed E-state index contributed by atoms with van der Waals surface area (Å²) < 4.78 is 41.7. The summed E-state index contributed by atoms with van der Waals surface area (Å²) in [5, 5.41) is 3.16. The van der Waals surface area contributed by atoms with Crippen LogP contribution in [0.1, 0.15) is 60.8 Å². The number of nitrogens with one attached hydrogen (secondary N) is 1. The fraction of sp³-hybridized carbons (Fsp3) is 0.938. The molecule has 0 rings (SSSR count). The van der Waals surface area contributed by atoms with E-state index in [9.17, 15) is 18.0 Å². The largest absolute Gasteiger partial charge is 0.444 e. The maximum Gasteiger partial charge on any atom is 0.410 e. The first-order valence-electron chi connectivity index (χ1n) is 8.11. The van der Waals surface area contributed by atoms with Crippen molar-refractivity contribution in [2.45, 2.75) is 84.7 Å². The van der Waals surface area contributed by atoms with Crippen LogP contribution in [0.2, 0.25) is 0 Å². The van der Waals surface area contributed by atoms with Gasteiger partial charge in [0.15, 0.2) is 0 Å². The smallest absolute Gasteiger partial charge is 0.410 e. The average molecular weight is 340 g/mol. The zero-order valence-corrected chi connectivity index (χ0v) is 15.1. The molecule has 1 atom stereocenters. The number of carbonyl (C=O) groups is 1. The molecule has 23 heavy (non-hydrogen) atoms. The van der Waals surface area contributed by atoms with Gasteiger partial charge in [-0.15, -0.1) is 0 Å². The van der Waals surface area contributed by atoms with E-state index in [2.05, 4.69) is 5.32 Å². The lowest BCUT2D eigenvalue weighted by atomic mass is 10.1. The Morgan fingerprint density at radius 2 is 1.74 bits per heavy atom. The predicted molar refractivity (Wildman–Crippen MR) is 85.4 cm³/mol. The Hall–Kier alpha value is -0.980. The van der Waals surface area contributed by atoms with E-state index in [1.165, 1.54) is 0 Å². The van der Waals surface area contributed by atoms with Crippen LogP contribution in [0.3, 0.4) is 0 Å². The Kier molecular flexibility index (Phi) is 8.95. The standard InChI is InChI=1S/C16H31F3N2O2/c1-12(2)21(14(22)23-15(4,5)6)11-10-20-13(3)8-7-9-16(17,18)19/h12-13,20H,7-11H2,1-6H3. The summed E-state index contributed by atoms with van der Waals surface area (Å²) >= 11 is 0. The second-order valence-corrected chi connectivity index (χ2v) is 7.13. The Morgan fingerprint density at radius 1 is 1.17 bits per heavy atom. The van der Waals surface area contributed by atoms with E-state index in [-0.39, 0.29) is 24.6 Å². The molecule has 0 bridgehead atoms. The molecule has 0 saturated carbocycles. The number of nitrogens with zero attached hydrogens (tertiary/aromatic N) is 1. The molecule has 0 aromatic heterocycles. The van der Waals surface area contributed by atoms with E-state index in [1.54, 1.807) is 4.90 Å². The predicted octanol–water partition coefficient (Wildman–Crippen LogP) is 4.34. The minimum atomic E-state index is -4.09. The minimum Gasteiger partial charge on any atom is -0.444 e. The molecule has 1 unspecified atom stereocenters. The van der Waals surface area contributed by atoms with Crippen molar-refractivity contribution in [3.63, 3.8) is 0 Å². The second kappa shape index (κ2) is 9.35. The second-order valence-electron chi connectivity index (χ2n) is 7.13. The first-order chi connectivity index (χ1) is 10.3. The van der Waals surface area contributed by atoms with E-state index in [0.717, 1.165) is 0 Å². The third kappa shape index (κ3) is 12.1. The van der Waals surface area contributed by atoms with Crippen LogP contribution in [0.15, 0.2) is 0 Å². The maximum atomic E-state index is 12.1. The average Bonchev–Trinajstić information content (AvgIpc) is 2.29. The highest BCUT2D eigenvalue weighted by atomic mass is 19.4. The summed E-state index contributed by atoms with van der Waals surface area (Å²) in [4.78, 5) is 13.7. The van der Waals surface area contributed by atoms with Gasteiger partial charge >= 0.3 is 12.3 Å². The zero-order valence-electron chi connectivity index (χ0n) is 15.1. The van der Waals surface area contributed by atoms with Gasteiger partial charge in [0.25, 0.3) is 0 Å². The van der Waals surface area contributed by atoms with E-state index in [1.807, 2.05) is 41.5 Å². The summed E-state index contributed by atoms with van der Waals surface area (Å²) in [6.07, 6.45) is -4.66. The monoisotopic (exact) mass is 340 g/mol. The molecule has 7 heteroatoms. The van der Waals surface area contributed by atoms with Gasteiger partial charge in [-0.1, -0.05) is 0 Å². The molecule has 0 aromatic rings. The first-order valence-corrected chi connectivity index (χ1v) is 8.11. The number of hydrogen-bond acceptors (Lipinski definition) is 3. The Bertz CT molecular complexity index is 352. The van der Waals surface area contributed by atoms with Gasteiger partial charge < -0.3 is 15.0 Å².